The average Bonchev–Trinajstić information content (AvgIpc) is 3.26. The minimum absolute atomic E-state index is 0. The smallest absolute Gasteiger partial charge is 0.747 e. The summed E-state index contributed by atoms with van der Waals surface area (Å²) in [4.78, 5) is 2.01. The summed E-state index contributed by atoms with van der Waals surface area (Å²) in [7, 11) is -7.84. The molecule has 10 nitrogen and oxygen atoms in total. The fourth-order valence-corrected chi connectivity index (χ4v) is 6.90. The van der Waals surface area contributed by atoms with E-state index >= 15 is 0 Å². The summed E-state index contributed by atoms with van der Waals surface area (Å²) in [6.45, 7) is 3.54. The Bertz CT molecular complexity index is 1480. The summed E-state index contributed by atoms with van der Waals surface area (Å²) in [5.41, 5.74) is 1.51. The van der Waals surface area contributed by atoms with Crippen LogP contribution in [0.2, 0.25) is 0 Å². The molecule has 2 aromatic heterocycles. The maximum absolute atomic E-state index is 11.6. The number of nitrogens with zero attached hydrogens (tertiary/aromatic N) is 2. The van der Waals surface area contributed by atoms with Crippen molar-refractivity contribution >= 4 is 65.5 Å². The molecular weight excluding hydrogens is 547 g/mol. The molecule has 1 aliphatic heterocycles. The van der Waals surface area contributed by atoms with Crippen LogP contribution in [0.1, 0.15) is 31.2 Å². The van der Waals surface area contributed by atoms with Gasteiger partial charge in [0.25, 0.3) is 5.01 Å². The number of furan rings is 1. The minimum Gasteiger partial charge on any atom is -0.747 e. The van der Waals surface area contributed by atoms with Crippen LogP contribution < -0.4 is 43.8 Å². The fourth-order valence-electron chi connectivity index (χ4n) is 3.25. The van der Waals surface area contributed by atoms with Gasteiger partial charge in [0.15, 0.2) is 14.8 Å². The van der Waals surface area contributed by atoms with Gasteiger partial charge in [0.1, 0.15) is 27.5 Å². The van der Waals surface area contributed by atoms with Crippen LogP contribution in [0.5, 0.6) is 5.75 Å². The zero-order valence-corrected chi connectivity index (χ0v) is 23.3. The molecule has 0 saturated heterocycles. The Morgan fingerprint density at radius 2 is 1.80 bits per heavy atom. The zero-order chi connectivity index (χ0) is 23.4. The van der Waals surface area contributed by atoms with Crippen LogP contribution in [0.15, 0.2) is 32.5 Å². The van der Waals surface area contributed by atoms with Gasteiger partial charge >= 0.3 is 35.3 Å². The Hall–Kier alpha value is -1.10. The van der Waals surface area contributed by atoms with Crippen molar-refractivity contribution < 1.29 is 69.2 Å². The average molecular weight is 573 g/mol. The van der Waals surface area contributed by atoms with Crippen LogP contribution in [0, 0.1) is 13.8 Å². The van der Waals surface area contributed by atoms with E-state index in [1.54, 1.807) is 31.2 Å². The maximum Gasteiger partial charge on any atom is 1.00 e. The van der Waals surface area contributed by atoms with E-state index in [1.807, 2.05) is 6.92 Å². The number of hydrogen-bond acceptors (Lipinski definition) is 11. The van der Waals surface area contributed by atoms with Crippen LogP contribution in [-0.2, 0) is 26.1 Å². The van der Waals surface area contributed by atoms with Crippen LogP contribution in [0.3, 0.4) is 0 Å². The van der Waals surface area contributed by atoms with Crippen molar-refractivity contribution in [2.75, 3.05) is 17.9 Å². The number of methoxy groups -OCH3 is 1. The van der Waals surface area contributed by atoms with Gasteiger partial charge in [-0.1, -0.05) is 38.0 Å². The first-order valence-corrected chi connectivity index (χ1v) is 13.8. The number of anilines is 1. The SMILES string of the molecule is C.C.COc1ccc2c(c1)N(CS(=O)(=O)[O-])C(=Cc1sc3c(C)c(C)oc3[n+]1CS(=O)(=O)[O-])S2.[Na+]. The number of thioether (sulfide) groups is 1. The van der Waals surface area contributed by atoms with Crippen molar-refractivity contribution in [3.63, 3.8) is 0 Å². The number of ether oxygens (including phenoxy) is 1. The molecule has 35 heavy (non-hydrogen) atoms. The van der Waals surface area contributed by atoms with Crippen LogP contribution in [0.25, 0.3) is 16.5 Å². The molecule has 0 fully saturated rings. The van der Waals surface area contributed by atoms with Crippen molar-refractivity contribution in [2.45, 2.75) is 39.5 Å². The van der Waals surface area contributed by atoms with E-state index in [1.165, 1.54) is 39.7 Å². The normalized spacial score (nSPS) is 14.3. The quantitative estimate of drug-likeness (QED) is 0.234. The van der Waals surface area contributed by atoms with E-state index in [4.69, 9.17) is 9.15 Å². The van der Waals surface area contributed by atoms with E-state index in [-0.39, 0.29) is 50.1 Å². The van der Waals surface area contributed by atoms with Crippen LogP contribution >= 0.6 is 23.1 Å². The van der Waals surface area contributed by atoms with Gasteiger partial charge in [0.05, 0.1) is 23.9 Å². The molecule has 3 heterocycles. The second kappa shape index (κ2) is 11.5. The largest absolute Gasteiger partial charge is 1.00 e. The predicted molar refractivity (Wildman–Crippen MR) is 131 cm³/mol. The monoisotopic (exact) mass is 572 g/mol. The summed E-state index contributed by atoms with van der Waals surface area (Å²) in [5.74, 6) is -0.614. The maximum atomic E-state index is 11.6. The predicted octanol–water partition coefficient (Wildman–Crippen LogP) is 0.600. The molecule has 0 atom stereocenters. The van der Waals surface area contributed by atoms with Gasteiger partial charge < -0.3 is 23.2 Å². The van der Waals surface area contributed by atoms with E-state index < -0.39 is 32.0 Å². The Labute approximate surface area is 235 Å². The van der Waals surface area contributed by atoms with Crippen molar-refractivity contribution in [2.24, 2.45) is 0 Å². The van der Waals surface area contributed by atoms with E-state index in [9.17, 15) is 25.9 Å². The fraction of sp³-hybridized carbons (Fsp3) is 0.350. The van der Waals surface area contributed by atoms with E-state index in [2.05, 4.69) is 0 Å². The minimum atomic E-state index is -4.66. The van der Waals surface area contributed by atoms with Gasteiger partial charge in [-0.3, -0.25) is 0 Å². The zero-order valence-electron chi connectivity index (χ0n) is 18.0. The van der Waals surface area contributed by atoms with E-state index in [0.717, 1.165) is 5.56 Å². The van der Waals surface area contributed by atoms with Gasteiger partial charge in [0, 0.05) is 16.5 Å². The Morgan fingerprint density at radius 1 is 1.14 bits per heavy atom. The number of benzene rings is 1. The topological polar surface area (TPSA) is 144 Å². The Balaban J connectivity index is 0.00000204. The standard InChI is InChI=1S/C18H18N2O8S4.2CH4.Na/c1-10-11(2)28-18-17(10)30-16(20(18)9-32(24,25)26)7-15-19(8-31(21,22)23)13-6-12(27-3)4-5-14(13)29-15;;;/h4-7H,8-9H2,1-3H3,(H-,21,22,23,24,25,26);2*1H4;/q;;;+1/p-1. The first-order chi connectivity index (χ1) is 14.9. The molecule has 3 aromatic rings. The molecule has 1 aromatic carbocycles. The van der Waals surface area contributed by atoms with Crippen molar-refractivity contribution in [1.29, 1.82) is 0 Å². The van der Waals surface area contributed by atoms with Gasteiger partial charge in [-0.25, -0.2) is 16.8 Å². The molecule has 0 N–H and O–H groups in total. The second-order valence-corrected chi connectivity index (χ2v) is 11.8. The molecule has 15 heteroatoms. The summed E-state index contributed by atoms with van der Waals surface area (Å²) in [6.07, 6.45) is 1.54. The first-order valence-electron chi connectivity index (χ1n) is 9.01. The van der Waals surface area contributed by atoms with Crippen molar-refractivity contribution in [1.82, 2.24) is 0 Å². The number of aromatic nitrogens is 1. The van der Waals surface area contributed by atoms with Gasteiger partial charge in [-0.15, -0.1) is 4.57 Å². The molecule has 1 aliphatic rings. The number of thiazole rings is 1. The Morgan fingerprint density at radius 3 is 2.37 bits per heavy atom. The number of fused-ring (bicyclic) bond motifs is 2. The number of aryl methyl sites for hydroxylation is 2. The summed E-state index contributed by atoms with van der Waals surface area (Å²) in [6, 6.07) is 5.04. The van der Waals surface area contributed by atoms with Crippen LogP contribution in [-0.4, -0.2) is 38.9 Å². The number of rotatable bonds is 6. The van der Waals surface area contributed by atoms with Gasteiger partial charge in [0.2, 0.25) is 5.88 Å². The third kappa shape index (κ3) is 6.81. The molecule has 188 valence electrons. The molecule has 0 spiro atoms. The molecule has 0 radical (unpaired) electrons. The third-order valence-corrected chi connectivity index (χ3v) is 8.28. The van der Waals surface area contributed by atoms with Crippen molar-refractivity contribution in [3.05, 3.63) is 39.6 Å². The summed E-state index contributed by atoms with van der Waals surface area (Å²) in [5, 5.41) is 0.736. The molecular formula is C20H25N2NaO8S4. The molecule has 0 unspecified atom stereocenters. The summed E-state index contributed by atoms with van der Waals surface area (Å²) < 4.78 is 82.2. The molecule has 4 rings (SSSR count). The van der Waals surface area contributed by atoms with Gasteiger partial charge in [-0.05, 0) is 26.0 Å². The molecule has 0 bridgehead atoms. The van der Waals surface area contributed by atoms with Crippen molar-refractivity contribution in [3.8, 4) is 5.75 Å². The molecule has 0 aliphatic carbocycles. The van der Waals surface area contributed by atoms with Crippen LogP contribution in [0.4, 0.5) is 5.69 Å². The second-order valence-electron chi connectivity index (χ2n) is 7.01. The van der Waals surface area contributed by atoms with Gasteiger partial charge in [-0.2, -0.15) is 0 Å². The molecule has 0 amide bonds. The summed E-state index contributed by atoms with van der Waals surface area (Å²) >= 11 is 2.41. The first kappa shape index (κ1) is 31.9. The number of hydrogen-bond donors (Lipinski definition) is 0. The Kier molecular flexibility index (Phi) is 10.5. The van der Waals surface area contributed by atoms with E-state index in [0.29, 0.717) is 36.8 Å². The molecule has 0 saturated carbocycles. The third-order valence-electron chi connectivity index (χ3n) is 4.79.